The van der Waals surface area contributed by atoms with Crippen LogP contribution in [0.15, 0.2) is 58.2 Å². The second kappa shape index (κ2) is 6.97. The first kappa shape index (κ1) is 16.4. The lowest BCUT2D eigenvalue weighted by Crippen LogP contribution is -2.13. The number of aromatic nitrogens is 2. The van der Waals surface area contributed by atoms with Gasteiger partial charge in [-0.25, -0.2) is 4.39 Å². The third-order valence-corrected chi connectivity index (χ3v) is 4.49. The Balaban J connectivity index is 1.73. The number of hydrogen-bond donors (Lipinski definition) is 0. The van der Waals surface area contributed by atoms with E-state index < -0.39 is 5.25 Å². The summed E-state index contributed by atoms with van der Waals surface area (Å²) < 4.78 is 18.6. The molecule has 3 aromatic rings. The van der Waals surface area contributed by atoms with Gasteiger partial charge < -0.3 is 4.42 Å². The second-order valence-electron chi connectivity index (χ2n) is 5.32. The van der Waals surface area contributed by atoms with E-state index in [0.717, 1.165) is 11.1 Å². The quantitative estimate of drug-likeness (QED) is 0.503. The number of rotatable bonds is 5. The lowest BCUT2D eigenvalue weighted by atomic mass is 10.1. The van der Waals surface area contributed by atoms with Crippen molar-refractivity contribution >= 4 is 17.5 Å². The zero-order chi connectivity index (χ0) is 17.1. The van der Waals surface area contributed by atoms with Crippen molar-refractivity contribution in [2.24, 2.45) is 0 Å². The van der Waals surface area contributed by atoms with Crippen molar-refractivity contribution in [2.75, 3.05) is 0 Å². The molecule has 0 radical (unpaired) electrons. The molecule has 0 bridgehead atoms. The van der Waals surface area contributed by atoms with Crippen molar-refractivity contribution in [3.05, 3.63) is 65.5 Å². The molecular weight excluding hydrogens is 327 g/mol. The highest BCUT2D eigenvalue weighted by molar-refractivity contribution is 8.00. The fourth-order valence-corrected chi connectivity index (χ4v) is 2.99. The summed E-state index contributed by atoms with van der Waals surface area (Å²) in [5, 5.41) is 7.96. The number of carbonyl (C=O) groups excluding carboxylic acids is 1. The number of aryl methyl sites for hydroxylation is 1. The first-order chi connectivity index (χ1) is 11.5. The maximum Gasteiger partial charge on any atom is 0.277 e. The van der Waals surface area contributed by atoms with Gasteiger partial charge in [-0.3, -0.25) is 4.79 Å². The molecule has 6 heteroatoms. The van der Waals surface area contributed by atoms with Crippen molar-refractivity contribution in [3.63, 3.8) is 0 Å². The van der Waals surface area contributed by atoms with E-state index in [9.17, 15) is 9.18 Å². The molecule has 1 heterocycles. The summed E-state index contributed by atoms with van der Waals surface area (Å²) in [4.78, 5) is 12.4. The van der Waals surface area contributed by atoms with Crippen LogP contribution in [0.25, 0.3) is 11.5 Å². The lowest BCUT2D eigenvalue weighted by molar-refractivity contribution is 0.0993. The fraction of sp³-hybridized carbons (Fsp3) is 0.167. The molecule has 0 aliphatic heterocycles. The topological polar surface area (TPSA) is 56.0 Å². The van der Waals surface area contributed by atoms with Gasteiger partial charge >= 0.3 is 0 Å². The average Bonchev–Trinajstić information content (AvgIpc) is 3.03. The Morgan fingerprint density at radius 3 is 2.54 bits per heavy atom. The molecule has 0 saturated heterocycles. The summed E-state index contributed by atoms with van der Waals surface area (Å²) in [6.07, 6.45) is 0. The Bertz CT molecular complexity index is 861. The maximum absolute atomic E-state index is 12.9. The van der Waals surface area contributed by atoms with Crippen LogP contribution in [0.4, 0.5) is 4.39 Å². The predicted octanol–water partition coefficient (Wildman–Crippen LogP) is 4.55. The Morgan fingerprint density at radius 1 is 1.12 bits per heavy atom. The molecule has 24 heavy (non-hydrogen) atoms. The van der Waals surface area contributed by atoms with E-state index in [1.54, 1.807) is 6.92 Å². The zero-order valence-corrected chi connectivity index (χ0v) is 14.0. The Kier molecular flexibility index (Phi) is 4.76. The van der Waals surface area contributed by atoms with Crippen LogP contribution in [0.2, 0.25) is 0 Å². The summed E-state index contributed by atoms with van der Waals surface area (Å²) >= 11 is 1.19. The number of Topliss-reactive ketones (excluding diaryl/α,β-unsaturated/α-hetero) is 1. The molecule has 3 rings (SSSR count). The molecule has 4 nitrogen and oxygen atoms in total. The van der Waals surface area contributed by atoms with Crippen LogP contribution in [-0.2, 0) is 0 Å². The standard InChI is InChI=1S/C18H15FN2O2S/c1-11-5-3-4-6-15(11)17-20-21-18(23-17)24-12(2)16(22)13-7-9-14(19)10-8-13/h3-10,12H,1-2H3/t12-/m1/s1. The van der Waals surface area contributed by atoms with Gasteiger partial charge in [-0.2, -0.15) is 0 Å². The summed E-state index contributed by atoms with van der Waals surface area (Å²) in [5.74, 6) is -0.0562. The number of ketones is 1. The molecule has 1 aromatic heterocycles. The highest BCUT2D eigenvalue weighted by atomic mass is 32.2. The summed E-state index contributed by atoms with van der Waals surface area (Å²) in [5.41, 5.74) is 2.36. The van der Waals surface area contributed by atoms with Gasteiger partial charge in [0.05, 0.1) is 5.25 Å². The third-order valence-electron chi connectivity index (χ3n) is 3.56. The number of halogens is 1. The maximum atomic E-state index is 12.9. The molecule has 0 saturated carbocycles. The van der Waals surface area contributed by atoms with Gasteiger partial charge in [0.25, 0.3) is 5.22 Å². The molecule has 0 unspecified atom stereocenters. The largest absolute Gasteiger partial charge is 0.411 e. The van der Waals surface area contributed by atoms with Crippen molar-refractivity contribution in [1.29, 1.82) is 0 Å². The van der Waals surface area contributed by atoms with Crippen LogP contribution < -0.4 is 0 Å². The van der Waals surface area contributed by atoms with Crippen LogP contribution in [0.1, 0.15) is 22.8 Å². The van der Waals surface area contributed by atoms with E-state index >= 15 is 0 Å². The molecular formula is C18H15FN2O2S. The van der Waals surface area contributed by atoms with Gasteiger partial charge in [0.2, 0.25) is 5.89 Å². The minimum Gasteiger partial charge on any atom is -0.411 e. The molecule has 0 amide bonds. The van der Waals surface area contributed by atoms with Crippen molar-refractivity contribution in [2.45, 2.75) is 24.3 Å². The van der Waals surface area contributed by atoms with Gasteiger partial charge in [-0.05, 0) is 49.7 Å². The van der Waals surface area contributed by atoms with Gasteiger partial charge in [-0.15, -0.1) is 10.2 Å². The number of nitrogens with zero attached hydrogens (tertiary/aromatic N) is 2. The van der Waals surface area contributed by atoms with Gasteiger partial charge in [-0.1, -0.05) is 30.0 Å². The summed E-state index contributed by atoms with van der Waals surface area (Å²) in [6, 6.07) is 13.2. The van der Waals surface area contributed by atoms with Crippen LogP contribution in [0, 0.1) is 12.7 Å². The number of benzene rings is 2. The zero-order valence-electron chi connectivity index (χ0n) is 13.2. The number of hydrogen-bond acceptors (Lipinski definition) is 5. The van der Waals surface area contributed by atoms with E-state index in [1.165, 1.54) is 36.0 Å². The predicted molar refractivity (Wildman–Crippen MR) is 90.5 cm³/mol. The van der Waals surface area contributed by atoms with Crippen molar-refractivity contribution in [1.82, 2.24) is 10.2 Å². The van der Waals surface area contributed by atoms with E-state index in [2.05, 4.69) is 10.2 Å². The van der Waals surface area contributed by atoms with E-state index in [4.69, 9.17) is 4.42 Å². The average molecular weight is 342 g/mol. The minimum atomic E-state index is -0.416. The van der Waals surface area contributed by atoms with Gasteiger partial charge in [0.15, 0.2) is 5.78 Å². The number of thioether (sulfide) groups is 1. The van der Waals surface area contributed by atoms with Crippen LogP contribution in [-0.4, -0.2) is 21.2 Å². The Labute approximate surface area is 143 Å². The number of carbonyl (C=O) groups is 1. The fourth-order valence-electron chi connectivity index (χ4n) is 2.23. The molecule has 0 spiro atoms. The molecule has 0 aliphatic rings. The van der Waals surface area contributed by atoms with Crippen molar-refractivity contribution < 1.29 is 13.6 Å². The minimum absolute atomic E-state index is 0.115. The van der Waals surface area contributed by atoms with Crippen LogP contribution >= 0.6 is 11.8 Å². The summed E-state index contributed by atoms with van der Waals surface area (Å²) in [6.45, 7) is 3.72. The molecule has 0 N–H and O–H groups in total. The molecule has 1 atom stereocenters. The van der Waals surface area contributed by atoms with Gasteiger partial charge in [0, 0.05) is 11.1 Å². The smallest absolute Gasteiger partial charge is 0.277 e. The molecule has 2 aromatic carbocycles. The Hall–Kier alpha value is -2.47. The van der Waals surface area contributed by atoms with Crippen molar-refractivity contribution in [3.8, 4) is 11.5 Å². The SMILES string of the molecule is Cc1ccccc1-c1nnc(S[C@H](C)C(=O)c2ccc(F)cc2)o1. The first-order valence-corrected chi connectivity index (χ1v) is 8.28. The van der Waals surface area contributed by atoms with E-state index in [-0.39, 0.29) is 11.6 Å². The highest BCUT2D eigenvalue weighted by Gasteiger charge is 2.20. The van der Waals surface area contributed by atoms with E-state index in [1.807, 2.05) is 31.2 Å². The lowest BCUT2D eigenvalue weighted by Gasteiger charge is -2.07. The summed E-state index contributed by atoms with van der Waals surface area (Å²) in [7, 11) is 0. The highest BCUT2D eigenvalue weighted by Crippen LogP contribution is 2.28. The normalized spacial score (nSPS) is 12.1. The Morgan fingerprint density at radius 2 is 1.83 bits per heavy atom. The first-order valence-electron chi connectivity index (χ1n) is 7.40. The van der Waals surface area contributed by atoms with E-state index in [0.29, 0.717) is 16.7 Å². The third kappa shape index (κ3) is 3.54. The monoisotopic (exact) mass is 342 g/mol. The molecule has 0 fully saturated rings. The van der Waals surface area contributed by atoms with Crippen LogP contribution in [0.5, 0.6) is 0 Å². The second-order valence-corrected chi connectivity index (χ2v) is 6.61. The molecule has 122 valence electrons. The van der Waals surface area contributed by atoms with Crippen LogP contribution in [0.3, 0.4) is 0 Å². The van der Waals surface area contributed by atoms with Gasteiger partial charge in [0.1, 0.15) is 5.82 Å². The molecule has 0 aliphatic carbocycles.